The molecule has 0 aliphatic heterocycles. The van der Waals surface area contributed by atoms with Crippen LogP contribution in [-0.4, -0.2) is 45.9 Å². The van der Waals surface area contributed by atoms with Crippen molar-refractivity contribution >= 4 is 27.5 Å². The van der Waals surface area contributed by atoms with Gasteiger partial charge < -0.3 is 10.2 Å². The van der Waals surface area contributed by atoms with Gasteiger partial charge in [0.15, 0.2) is 0 Å². The zero-order chi connectivity index (χ0) is 21.2. The number of hydrogen-bond acceptors (Lipinski definition) is 4. The summed E-state index contributed by atoms with van der Waals surface area (Å²) >= 11 is 6.16. The third-order valence-corrected chi connectivity index (χ3v) is 6.60. The highest BCUT2D eigenvalue weighted by Gasteiger charge is 2.28. The number of halogens is 2. The standard InChI is InChI=1S/C20H23ClFN3O3S/c1-25(2)18(19-16(21)4-3-5-17(19)22)12-23-20(26)13-6-10-15(11-7-13)29(27,28)24-14-8-9-14/h3-7,10-11,14,18,24H,8-9,12H2,1-2H3,(H,23,26). The average molecular weight is 440 g/mol. The minimum absolute atomic E-state index is 0.0103. The van der Waals surface area contributed by atoms with Gasteiger partial charge in [-0.15, -0.1) is 0 Å². The summed E-state index contributed by atoms with van der Waals surface area (Å²) < 4.78 is 41.3. The quantitative estimate of drug-likeness (QED) is 0.662. The number of rotatable bonds is 8. The number of nitrogens with zero attached hydrogens (tertiary/aromatic N) is 1. The second kappa shape index (κ2) is 8.79. The molecule has 1 unspecified atom stereocenters. The topological polar surface area (TPSA) is 78.5 Å². The molecule has 1 aliphatic rings. The molecule has 0 spiro atoms. The summed E-state index contributed by atoms with van der Waals surface area (Å²) in [5.74, 6) is -0.827. The molecule has 1 atom stereocenters. The normalized spacial score (nSPS) is 15.3. The van der Waals surface area contributed by atoms with E-state index in [4.69, 9.17) is 11.6 Å². The molecular weight excluding hydrogens is 417 g/mol. The minimum Gasteiger partial charge on any atom is -0.350 e. The van der Waals surface area contributed by atoms with E-state index in [9.17, 15) is 17.6 Å². The van der Waals surface area contributed by atoms with Crippen molar-refractivity contribution in [3.05, 3.63) is 64.4 Å². The van der Waals surface area contributed by atoms with Gasteiger partial charge in [0, 0.05) is 28.7 Å². The van der Waals surface area contributed by atoms with Crippen LogP contribution in [0.1, 0.15) is 34.8 Å². The lowest BCUT2D eigenvalue weighted by atomic mass is 10.0. The van der Waals surface area contributed by atoms with Gasteiger partial charge in [-0.2, -0.15) is 0 Å². The molecule has 1 amide bonds. The SMILES string of the molecule is CN(C)C(CNC(=O)c1ccc(S(=O)(=O)NC2CC2)cc1)c1c(F)cccc1Cl. The first kappa shape index (κ1) is 21.7. The minimum atomic E-state index is -3.57. The average Bonchev–Trinajstić information content (AvgIpc) is 3.47. The zero-order valence-corrected chi connectivity index (χ0v) is 17.7. The van der Waals surface area contributed by atoms with E-state index >= 15 is 0 Å². The summed E-state index contributed by atoms with van der Waals surface area (Å²) in [6.45, 7) is 0.135. The molecule has 1 aliphatic carbocycles. The summed E-state index contributed by atoms with van der Waals surface area (Å²) in [6.07, 6.45) is 1.69. The van der Waals surface area contributed by atoms with E-state index in [1.54, 1.807) is 25.1 Å². The van der Waals surface area contributed by atoms with Gasteiger partial charge >= 0.3 is 0 Å². The third kappa shape index (κ3) is 5.33. The monoisotopic (exact) mass is 439 g/mol. The Morgan fingerprint density at radius 1 is 1.21 bits per heavy atom. The Morgan fingerprint density at radius 3 is 2.41 bits per heavy atom. The predicted octanol–water partition coefficient (Wildman–Crippen LogP) is 2.95. The van der Waals surface area contributed by atoms with Crippen LogP contribution in [-0.2, 0) is 10.0 Å². The van der Waals surface area contributed by atoms with Crippen LogP contribution in [0.3, 0.4) is 0 Å². The smallest absolute Gasteiger partial charge is 0.251 e. The summed E-state index contributed by atoms with van der Waals surface area (Å²) in [5, 5.41) is 3.05. The van der Waals surface area contributed by atoms with Crippen LogP contribution < -0.4 is 10.0 Å². The number of amides is 1. The summed E-state index contributed by atoms with van der Waals surface area (Å²) in [4.78, 5) is 14.4. The molecule has 0 aromatic heterocycles. The molecule has 3 rings (SSSR count). The first-order chi connectivity index (χ1) is 13.7. The lowest BCUT2D eigenvalue weighted by Gasteiger charge is -2.26. The van der Waals surface area contributed by atoms with E-state index in [2.05, 4.69) is 10.0 Å². The first-order valence-corrected chi connectivity index (χ1v) is 11.1. The molecule has 0 bridgehead atoms. The second-order valence-corrected chi connectivity index (χ2v) is 9.37. The molecule has 2 aromatic rings. The molecule has 0 saturated heterocycles. The number of hydrogen-bond donors (Lipinski definition) is 2. The highest BCUT2D eigenvalue weighted by Crippen LogP contribution is 2.28. The van der Waals surface area contributed by atoms with Crippen molar-refractivity contribution in [1.29, 1.82) is 0 Å². The summed E-state index contributed by atoms with van der Waals surface area (Å²) in [6, 6.07) is 9.72. The fraction of sp³-hybridized carbons (Fsp3) is 0.350. The molecule has 156 valence electrons. The van der Waals surface area contributed by atoms with Gasteiger partial charge in [-0.05, 0) is 63.3 Å². The molecule has 0 heterocycles. The lowest BCUT2D eigenvalue weighted by molar-refractivity contribution is 0.0941. The van der Waals surface area contributed by atoms with Crippen molar-refractivity contribution in [2.24, 2.45) is 0 Å². The third-order valence-electron chi connectivity index (χ3n) is 4.74. The van der Waals surface area contributed by atoms with Crippen LogP contribution in [0.15, 0.2) is 47.4 Å². The number of likely N-dealkylation sites (N-methyl/N-ethyl adjacent to an activating group) is 1. The molecule has 2 N–H and O–H groups in total. The van der Waals surface area contributed by atoms with Crippen LogP contribution in [0.2, 0.25) is 5.02 Å². The van der Waals surface area contributed by atoms with Crippen LogP contribution in [0, 0.1) is 5.82 Å². The number of sulfonamides is 1. The van der Waals surface area contributed by atoms with Crippen molar-refractivity contribution in [3.63, 3.8) is 0 Å². The van der Waals surface area contributed by atoms with E-state index in [0.717, 1.165) is 12.8 Å². The Morgan fingerprint density at radius 2 is 1.86 bits per heavy atom. The van der Waals surface area contributed by atoms with Gasteiger partial charge in [0.2, 0.25) is 10.0 Å². The highest BCUT2D eigenvalue weighted by molar-refractivity contribution is 7.89. The molecule has 9 heteroatoms. The Bertz CT molecular complexity index is 972. The molecule has 1 fully saturated rings. The largest absolute Gasteiger partial charge is 0.350 e. The van der Waals surface area contributed by atoms with Crippen molar-refractivity contribution < 1.29 is 17.6 Å². The van der Waals surface area contributed by atoms with Crippen molar-refractivity contribution in [3.8, 4) is 0 Å². The van der Waals surface area contributed by atoms with Crippen molar-refractivity contribution in [2.45, 2.75) is 29.8 Å². The molecule has 0 radical (unpaired) electrons. The first-order valence-electron chi connectivity index (χ1n) is 9.20. The molecule has 29 heavy (non-hydrogen) atoms. The Hall–Kier alpha value is -2.00. The summed E-state index contributed by atoms with van der Waals surface area (Å²) in [7, 11) is -0.0268. The van der Waals surface area contributed by atoms with E-state index in [0.29, 0.717) is 11.1 Å². The maximum Gasteiger partial charge on any atom is 0.251 e. The van der Waals surface area contributed by atoms with Crippen LogP contribution in [0.5, 0.6) is 0 Å². The van der Waals surface area contributed by atoms with Gasteiger partial charge in [0.05, 0.1) is 10.9 Å². The van der Waals surface area contributed by atoms with Gasteiger partial charge in [-0.25, -0.2) is 17.5 Å². The van der Waals surface area contributed by atoms with E-state index in [1.165, 1.54) is 36.4 Å². The Labute approximate surface area is 175 Å². The van der Waals surface area contributed by atoms with E-state index in [1.807, 2.05) is 0 Å². The van der Waals surface area contributed by atoms with Gasteiger partial charge in [-0.3, -0.25) is 4.79 Å². The van der Waals surface area contributed by atoms with Crippen LogP contribution >= 0.6 is 11.6 Å². The molecular formula is C20H23ClFN3O3S. The predicted molar refractivity (Wildman–Crippen MR) is 110 cm³/mol. The second-order valence-electron chi connectivity index (χ2n) is 7.24. The van der Waals surface area contributed by atoms with Crippen molar-refractivity contribution in [2.75, 3.05) is 20.6 Å². The maximum absolute atomic E-state index is 14.3. The molecule has 1 saturated carbocycles. The lowest BCUT2D eigenvalue weighted by Crippen LogP contribution is -2.35. The number of carbonyl (C=O) groups excluding carboxylic acids is 1. The van der Waals surface area contributed by atoms with E-state index < -0.39 is 21.9 Å². The fourth-order valence-corrected chi connectivity index (χ4v) is 4.53. The number of benzene rings is 2. The highest BCUT2D eigenvalue weighted by atomic mass is 35.5. The Kier molecular flexibility index (Phi) is 6.58. The zero-order valence-electron chi connectivity index (χ0n) is 16.2. The fourth-order valence-electron chi connectivity index (χ4n) is 2.94. The van der Waals surface area contributed by atoms with Gasteiger partial charge in [0.1, 0.15) is 5.82 Å². The van der Waals surface area contributed by atoms with Crippen LogP contribution in [0.4, 0.5) is 4.39 Å². The maximum atomic E-state index is 14.3. The van der Waals surface area contributed by atoms with Gasteiger partial charge in [0.25, 0.3) is 5.91 Å². The summed E-state index contributed by atoms with van der Waals surface area (Å²) in [5.41, 5.74) is 0.625. The van der Waals surface area contributed by atoms with Crippen molar-refractivity contribution in [1.82, 2.24) is 14.9 Å². The molecule has 6 nitrogen and oxygen atoms in total. The van der Waals surface area contributed by atoms with Gasteiger partial charge in [-0.1, -0.05) is 17.7 Å². The molecule has 2 aromatic carbocycles. The van der Waals surface area contributed by atoms with E-state index in [-0.39, 0.29) is 28.4 Å². The Balaban J connectivity index is 1.69. The number of carbonyl (C=O) groups is 1. The number of nitrogens with one attached hydrogen (secondary N) is 2. The van der Waals surface area contributed by atoms with Crippen LogP contribution in [0.25, 0.3) is 0 Å².